The van der Waals surface area contributed by atoms with E-state index in [4.69, 9.17) is 5.73 Å². The molecule has 6 nitrogen and oxygen atoms in total. The second-order valence-electron chi connectivity index (χ2n) is 5.39. The zero-order chi connectivity index (χ0) is 12.7. The molecule has 1 aromatic heterocycles. The van der Waals surface area contributed by atoms with Crippen molar-refractivity contribution in [3.8, 4) is 0 Å². The number of aromatic amines is 2. The van der Waals surface area contributed by atoms with Gasteiger partial charge in [-0.3, -0.25) is 4.79 Å². The van der Waals surface area contributed by atoms with Crippen molar-refractivity contribution in [3.63, 3.8) is 0 Å². The molecule has 0 aromatic carbocycles. The summed E-state index contributed by atoms with van der Waals surface area (Å²) >= 11 is 0. The number of nitrogens with two attached hydrogens (primary N) is 1. The average molecular weight is 250 g/mol. The van der Waals surface area contributed by atoms with Gasteiger partial charge >= 0.3 is 5.69 Å². The second-order valence-corrected chi connectivity index (χ2v) is 5.39. The minimum atomic E-state index is -0.341. The highest BCUT2D eigenvalue weighted by atomic mass is 16.2. The molecule has 1 saturated heterocycles. The number of amides is 1. The fourth-order valence-electron chi connectivity index (χ4n) is 3.30. The van der Waals surface area contributed by atoms with Gasteiger partial charge in [-0.2, -0.15) is 0 Å². The molecule has 2 heterocycles. The summed E-state index contributed by atoms with van der Waals surface area (Å²) in [4.78, 5) is 30.0. The highest BCUT2D eigenvalue weighted by molar-refractivity contribution is 5.92. The van der Waals surface area contributed by atoms with Crippen molar-refractivity contribution in [2.75, 3.05) is 13.1 Å². The van der Waals surface area contributed by atoms with Crippen molar-refractivity contribution >= 4 is 5.91 Å². The lowest BCUT2D eigenvalue weighted by Crippen LogP contribution is -2.38. The third-order valence-electron chi connectivity index (χ3n) is 4.27. The largest absolute Gasteiger partial charge is 0.337 e. The zero-order valence-corrected chi connectivity index (χ0v) is 10.2. The lowest BCUT2D eigenvalue weighted by Gasteiger charge is -2.29. The van der Waals surface area contributed by atoms with E-state index in [1.807, 2.05) is 4.90 Å². The molecule has 0 spiro atoms. The lowest BCUT2D eigenvalue weighted by molar-refractivity contribution is 0.0778. The fraction of sp³-hybridized carbons (Fsp3) is 0.667. The van der Waals surface area contributed by atoms with Gasteiger partial charge in [0.2, 0.25) is 0 Å². The molecule has 3 unspecified atom stereocenters. The van der Waals surface area contributed by atoms with Gasteiger partial charge in [0.15, 0.2) is 0 Å². The summed E-state index contributed by atoms with van der Waals surface area (Å²) in [6, 6.07) is 0.215. The number of carbonyl (C=O) groups is 1. The number of H-pyrrole nitrogens is 2. The molecule has 0 bridgehead atoms. The Morgan fingerprint density at radius 3 is 2.89 bits per heavy atom. The molecular formula is C12H18N4O2. The van der Waals surface area contributed by atoms with Gasteiger partial charge in [-0.05, 0) is 24.7 Å². The second kappa shape index (κ2) is 4.28. The molecule has 6 heteroatoms. The van der Waals surface area contributed by atoms with E-state index in [2.05, 4.69) is 9.97 Å². The van der Waals surface area contributed by atoms with Crippen LogP contribution in [0.25, 0.3) is 0 Å². The molecule has 1 aliphatic carbocycles. The minimum Gasteiger partial charge on any atom is -0.337 e. The van der Waals surface area contributed by atoms with Crippen molar-refractivity contribution in [2.24, 2.45) is 17.6 Å². The number of fused-ring (bicyclic) bond motifs is 1. The first-order valence-electron chi connectivity index (χ1n) is 6.47. The topological polar surface area (TPSA) is 95.0 Å². The van der Waals surface area contributed by atoms with E-state index in [1.165, 1.54) is 6.20 Å². The molecule has 0 radical (unpaired) electrons. The van der Waals surface area contributed by atoms with Crippen molar-refractivity contribution in [3.05, 3.63) is 22.4 Å². The zero-order valence-electron chi connectivity index (χ0n) is 10.2. The predicted molar refractivity (Wildman–Crippen MR) is 66.1 cm³/mol. The summed E-state index contributed by atoms with van der Waals surface area (Å²) < 4.78 is 0. The van der Waals surface area contributed by atoms with Gasteiger partial charge in [0.05, 0.1) is 0 Å². The lowest BCUT2D eigenvalue weighted by atomic mass is 9.78. The van der Waals surface area contributed by atoms with E-state index in [9.17, 15) is 9.59 Å². The van der Waals surface area contributed by atoms with Crippen LogP contribution in [0.2, 0.25) is 0 Å². The van der Waals surface area contributed by atoms with Crippen LogP contribution in [0.1, 0.15) is 29.8 Å². The van der Waals surface area contributed by atoms with Crippen LogP contribution in [0.4, 0.5) is 0 Å². The quantitative estimate of drug-likeness (QED) is 0.649. The summed E-state index contributed by atoms with van der Waals surface area (Å²) in [5.41, 5.74) is 6.12. The van der Waals surface area contributed by atoms with Crippen LogP contribution in [-0.4, -0.2) is 39.9 Å². The Morgan fingerprint density at radius 2 is 2.22 bits per heavy atom. The van der Waals surface area contributed by atoms with E-state index in [-0.39, 0.29) is 17.6 Å². The number of hydrogen-bond donors (Lipinski definition) is 3. The van der Waals surface area contributed by atoms with Crippen LogP contribution >= 0.6 is 0 Å². The van der Waals surface area contributed by atoms with Crippen LogP contribution < -0.4 is 11.4 Å². The summed E-state index contributed by atoms with van der Waals surface area (Å²) in [5.74, 6) is 0.853. The molecule has 1 aliphatic heterocycles. The van der Waals surface area contributed by atoms with E-state index >= 15 is 0 Å². The molecule has 1 aromatic rings. The number of likely N-dealkylation sites (tertiary alicyclic amines) is 1. The summed E-state index contributed by atoms with van der Waals surface area (Å²) in [5, 5.41) is 0. The Hall–Kier alpha value is -1.56. The van der Waals surface area contributed by atoms with Crippen LogP contribution in [0.3, 0.4) is 0 Å². The standard InChI is InChI=1S/C12H18N4O2/c13-9-3-1-2-7-5-16(6-8(7)9)11(17)10-4-14-12(18)15-10/h4,7-9H,1-3,5-6,13H2,(H2,14,15,18). The normalized spacial score (nSPS) is 31.4. The summed E-state index contributed by atoms with van der Waals surface area (Å²) in [7, 11) is 0. The molecule has 98 valence electrons. The number of nitrogens with zero attached hydrogens (tertiary/aromatic N) is 1. The summed E-state index contributed by atoms with van der Waals surface area (Å²) in [6.45, 7) is 1.49. The predicted octanol–water partition coefficient (Wildman–Crippen LogP) is -0.0976. The highest BCUT2D eigenvalue weighted by Gasteiger charge is 2.40. The Kier molecular flexibility index (Phi) is 2.74. The van der Waals surface area contributed by atoms with Crippen molar-refractivity contribution in [1.82, 2.24) is 14.9 Å². The average Bonchev–Trinajstić information content (AvgIpc) is 2.95. The van der Waals surface area contributed by atoms with Gasteiger partial charge in [-0.15, -0.1) is 0 Å². The van der Waals surface area contributed by atoms with Crippen LogP contribution in [0.15, 0.2) is 11.0 Å². The van der Waals surface area contributed by atoms with Crippen molar-refractivity contribution in [2.45, 2.75) is 25.3 Å². The molecule has 3 atom stereocenters. The number of hydrogen-bond acceptors (Lipinski definition) is 3. The summed E-state index contributed by atoms with van der Waals surface area (Å²) in [6.07, 6.45) is 4.81. The number of imidazole rings is 1. The Balaban J connectivity index is 1.75. The molecule has 1 amide bonds. The van der Waals surface area contributed by atoms with E-state index < -0.39 is 0 Å². The van der Waals surface area contributed by atoms with Gasteiger partial charge in [-0.25, -0.2) is 4.79 Å². The van der Waals surface area contributed by atoms with E-state index in [1.54, 1.807) is 0 Å². The Bertz CT molecular complexity index is 506. The molecular weight excluding hydrogens is 232 g/mol. The maximum atomic E-state index is 12.2. The maximum absolute atomic E-state index is 12.2. The molecule has 2 aliphatic rings. The molecule has 1 saturated carbocycles. The number of rotatable bonds is 1. The number of aromatic nitrogens is 2. The third-order valence-corrected chi connectivity index (χ3v) is 4.27. The first kappa shape index (κ1) is 11.5. The van der Waals surface area contributed by atoms with Crippen LogP contribution in [-0.2, 0) is 0 Å². The highest BCUT2D eigenvalue weighted by Crippen LogP contribution is 2.35. The number of carbonyl (C=O) groups excluding carboxylic acids is 1. The van der Waals surface area contributed by atoms with Gasteiger partial charge in [0, 0.05) is 25.3 Å². The van der Waals surface area contributed by atoms with Crippen LogP contribution in [0.5, 0.6) is 0 Å². The molecule has 4 N–H and O–H groups in total. The third kappa shape index (κ3) is 1.86. The SMILES string of the molecule is NC1CCCC2CN(C(=O)c3c[nH]c(=O)[nH]3)CC12. The van der Waals surface area contributed by atoms with Crippen LogP contribution in [0, 0.1) is 11.8 Å². The van der Waals surface area contributed by atoms with Gasteiger partial charge < -0.3 is 20.6 Å². The van der Waals surface area contributed by atoms with Crippen molar-refractivity contribution in [1.29, 1.82) is 0 Å². The van der Waals surface area contributed by atoms with E-state index in [0.717, 1.165) is 32.4 Å². The Labute approximate surface area is 105 Å². The minimum absolute atomic E-state index is 0.102. The van der Waals surface area contributed by atoms with Crippen molar-refractivity contribution < 1.29 is 4.79 Å². The van der Waals surface area contributed by atoms with E-state index in [0.29, 0.717) is 17.5 Å². The monoisotopic (exact) mass is 250 g/mol. The van der Waals surface area contributed by atoms with Gasteiger partial charge in [0.1, 0.15) is 5.69 Å². The Morgan fingerprint density at radius 1 is 1.39 bits per heavy atom. The van der Waals surface area contributed by atoms with Gasteiger partial charge in [-0.1, -0.05) is 6.42 Å². The molecule has 18 heavy (non-hydrogen) atoms. The molecule has 2 fully saturated rings. The first-order chi connectivity index (χ1) is 8.65. The number of nitrogens with one attached hydrogen (secondary N) is 2. The fourth-order valence-corrected chi connectivity index (χ4v) is 3.30. The smallest absolute Gasteiger partial charge is 0.323 e. The van der Waals surface area contributed by atoms with Gasteiger partial charge in [0.25, 0.3) is 5.91 Å². The molecule has 3 rings (SSSR count). The maximum Gasteiger partial charge on any atom is 0.323 e. The first-order valence-corrected chi connectivity index (χ1v) is 6.47.